The monoisotopic (exact) mass is 406 g/mol. The number of para-hydroxylation sites is 2. The maximum absolute atomic E-state index is 13.2. The standard InChI is InChI=1S/C23H26N4O3/c1-29-20-15-9-8-14-19(20)24-23(28)27(18-12-6-3-7-13-18)16-21-25-22(26-30-21)17-10-4-2-5-11-17/h2,4-5,8-11,14-15,18H,3,6-7,12-13,16H2,1H3,(H,24,28). The summed E-state index contributed by atoms with van der Waals surface area (Å²) in [6, 6.07) is 17.0. The van der Waals surface area contributed by atoms with E-state index >= 15 is 0 Å². The number of benzene rings is 2. The Kier molecular flexibility index (Phi) is 6.27. The molecule has 7 heteroatoms. The molecule has 1 aromatic heterocycles. The van der Waals surface area contributed by atoms with Crippen molar-refractivity contribution in [1.29, 1.82) is 0 Å². The third-order valence-electron chi connectivity index (χ3n) is 5.43. The molecule has 4 rings (SSSR count). The minimum Gasteiger partial charge on any atom is -0.495 e. The number of nitrogens with zero attached hydrogens (tertiary/aromatic N) is 3. The molecular weight excluding hydrogens is 380 g/mol. The van der Waals surface area contributed by atoms with Gasteiger partial charge in [-0.15, -0.1) is 0 Å². The molecule has 1 saturated carbocycles. The Morgan fingerprint density at radius 1 is 1.10 bits per heavy atom. The van der Waals surface area contributed by atoms with E-state index in [9.17, 15) is 4.79 Å². The van der Waals surface area contributed by atoms with Crippen molar-refractivity contribution in [3.8, 4) is 17.1 Å². The average molecular weight is 406 g/mol. The first-order chi connectivity index (χ1) is 14.7. The lowest BCUT2D eigenvalue weighted by Gasteiger charge is -2.33. The molecule has 7 nitrogen and oxygen atoms in total. The predicted molar refractivity (Wildman–Crippen MR) is 114 cm³/mol. The summed E-state index contributed by atoms with van der Waals surface area (Å²) in [6.07, 6.45) is 5.37. The van der Waals surface area contributed by atoms with Gasteiger partial charge in [0.25, 0.3) is 0 Å². The first kappa shape index (κ1) is 19.9. The highest BCUT2D eigenvalue weighted by Gasteiger charge is 2.28. The maximum Gasteiger partial charge on any atom is 0.322 e. The first-order valence-electron chi connectivity index (χ1n) is 10.3. The molecule has 0 bridgehead atoms. The van der Waals surface area contributed by atoms with E-state index in [1.54, 1.807) is 7.11 Å². The first-order valence-corrected chi connectivity index (χ1v) is 10.3. The number of hydrogen-bond acceptors (Lipinski definition) is 5. The summed E-state index contributed by atoms with van der Waals surface area (Å²) in [5.41, 5.74) is 1.52. The fourth-order valence-corrected chi connectivity index (χ4v) is 3.86. The molecule has 0 unspecified atom stereocenters. The van der Waals surface area contributed by atoms with Crippen LogP contribution in [-0.2, 0) is 6.54 Å². The van der Waals surface area contributed by atoms with Gasteiger partial charge in [0, 0.05) is 11.6 Å². The molecule has 0 atom stereocenters. The number of carbonyl (C=O) groups excluding carboxylic acids is 1. The highest BCUT2D eigenvalue weighted by Crippen LogP contribution is 2.27. The summed E-state index contributed by atoms with van der Waals surface area (Å²) in [4.78, 5) is 19.6. The SMILES string of the molecule is COc1ccccc1NC(=O)N(Cc1nc(-c2ccccc2)no1)C1CCCCC1. The molecule has 1 N–H and O–H groups in total. The topological polar surface area (TPSA) is 80.5 Å². The molecule has 0 saturated heterocycles. The van der Waals surface area contributed by atoms with Gasteiger partial charge in [-0.1, -0.05) is 66.9 Å². The molecule has 156 valence electrons. The lowest BCUT2D eigenvalue weighted by molar-refractivity contribution is 0.151. The highest BCUT2D eigenvalue weighted by atomic mass is 16.5. The van der Waals surface area contributed by atoms with Crippen molar-refractivity contribution >= 4 is 11.7 Å². The van der Waals surface area contributed by atoms with Gasteiger partial charge in [0.15, 0.2) is 0 Å². The smallest absolute Gasteiger partial charge is 0.322 e. The third-order valence-corrected chi connectivity index (χ3v) is 5.43. The van der Waals surface area contributed by atoms with E-state index in [4.69, 9.17) is 9.26 Å². The Hall–Kier alpha value is -3.35. The molecule has 0 aliphatic heterocycles. The molecule has 2 amide bonds. The largest absolute Gasteiger partial charge is 0.495 e. The number of nitrogens with one attached hydrogen (secondary N) is 1. The molecule has 1 fully saturated rings. The maximum atomic E-state index is 13.2. The average Bonchev–Trinajstić information content (AvgIpc) is 3.28. The molecule has 1 aliphatic rings. The second-order valence-electron chi connectivity index (χ2n) is 7.43. The van der Waals surface area contributed by atoms with Crippen LogP contribution in [0.15, 0.2) is 59.1 Å². The van der Waals surface area contributed by atoms with Crippen LogP contribution in [-0.4, -0.2) is 34.2 Å². The summed E-state index contributed by atoms with van der Waals surface area (Å²) in [6.45, 7) is 0.269. The fourth-order valence-electron chi connectivity index (χ4n) is 3.86. The minimum atomic E-state index is -0.189. The van der Waals surface area contributed by atoms with Crippen molar-refractivity contribution in [2.45, 2.75) is 44.7 Å². The van der Waals surface area contributed by atoms with Gasteiger partial charge in [0.05, 0.1) is 12.8 Å². The van der Waals surface area contributed by atoms with Gasteiger partial charge in [0.1, 0.15) is 12.3 Å². The number of hydrogen-bond donors (Lipinski definition) is 1. The quantitative estimate of drug-likeness (QED) is 0.615. The molecule has 2 aromatic carbocycles. The second-order valence-corrected chi connectivity index (χ2v) is 7.43. The Morgan fingerprint density at radius 3 is 2.60 bits per heavy atom. The van der Waals surface area contributed by atoms with Gasteiger partial charge in [0.2, 0.25) is 11.7 Å². The van der Waals surface area contributed by atoms with Gasteiger partial charge < -0.3 is 19.5 Å². The highest BCUT2D eigenvalue weighted by molar-refractivity contribution is 5.91. The van der Waals surface area contributed by atoms with Gasteiger partial charge in [-0.2, -0.15) is 4.98 Å². The van der Waals surface area contributed by atoms with Crippen LogP contribution in [0.25, 0.3) is 11.4 Å². The Bertz CT molecular complexity index is 967. The number of rotatable bonds is 6. The van der Waals surface area contributed by atoms with Crippen LogP contribution < -0.4 is 10.1 Å². The number of aromatic nitrogens is 2. The van der Waals surface area contributed by atoms with E-state index in [-0.39, 0.29) is 18.6 Å². The Labute approximate surface area is 176 Å². The van der Waals surface area contributed by atoms with Gasteiger partial charge in [-0.05, 0) is 25.0 Å². The number of amides is 2. The van der Waals surface area contributed by atoms with E-state index in [2.05, 4.69) is 15.5 Å². The van der Waals surface area contributed by atoms with Crippen molar-refractivity contribution in [3.05, 3.63) is 60.5 Å². The van der Waals surface area contributed by atoms with Crippen LogP contribution in [0.5, 0.6) is 5.75 Å². The summed E-state index contributed by atoms with van der Waals surface area (Å²) in [5.74, 6) is 1.58. The number of methoxy groups -OCH3 is 1. The fraction of sp³-hybridized carbons (Fsp3) is 0.348. The summed E-state index contributed by atoms with van der Waals surface area (Å²) >= 11 is 0. The zero-order valence-electron chi connectivity index (χ0n) is 17.1. The van der Waals surface area contributed by atoms with Crippen LogP contribution in [0.4, 0.5) is 10.5 Å². The van der Waals surface area contributed by atoms with Crippen LogP contribution in [0.2, 0.25) is 0 Å². The van der Waals surface area contributed by atoms with Gasteiger partial charge in [-0.3, -0.25) is 0 Å². The zero-order chi connectivity index (χ0) is 20.8. The van der Waals surface area contributed by atoms with Crippen molar-refractivity contribution in [2.24, 2.45) is 0 Å². The van der Waals surface area contributed by atoms with E-state index in [1.807, 2.05) is 59.5 Å². The number of urea groups is 1. The van der Waals surface area contributed by atoms with E-state index in [1.165, 1.54) is 6.42 Å². The lowest BCUT2D eigenvalue weighted by Crippen LogP contribution is -2.43. The number of carbonyl (C=O) groups is 1. The normalized spacial score (nSPS) is 14.3. The summed E-state index contributed by atoms with van der Waals surface area (Å²) in [5, 5.41) is 7.08. The van der Waals surface area contributed by atoms with Crippen LogP contribution in [0.1, 0.15) is 38.0 Å². The van der Waals surface area contributed by atoms with Crippen molar-refractivity contribution in [2.75, 3.05) is 12.4 Å². The molecule has 0 radical (unpaired) electrons. The predicted octanol–water partition coefficient (Wildman–Crippen LogP) is 5.11. The summed E-state index contributed by atoms with van der Waals surface area (Å²) in [7, 11) is 1.59. The summed E-state index contributed by atoms with van der Waals surface area (Å²) < 4.78 is 10.8. The van der Waals surface area contributed by atoms with Crippen LogP contribution in [0.3, 0.4) is 0 Å². The minimum absolute atomic E-state index is 0.139. The van der Waals surface area contributed by atoms with E-state index < -0.39 is 0 Å². The molecule has 30 heavy (non-hydrogen) atoms. The molecule has 3 aromatic rings. The lowest BCUT2D eigenvalue weighted by atomic mass is 9.94. The Balaban J connectivity index is 1.54. The third kappa shape index (κ3) is 4.62. The second kappa shape index (κ2) is 9.43. The Morgan fingerprint density at radius 2 is 1.83 bits per heavy atom. The van der Waals surface area contributed by atoms with Gasteiger partial charge in [-0.25, -0.2) is 4.79 Å². The van der Waals surface area contributed by atoms with Crippen molar-refractivity contribution in [1.82, 2.24) is 15.0 Å². The molecular formula is C23H26N4O3. The van der Waals surface area contributed by atoms with E-state index in [0.29, 0.717) is 23.2 Å². The number of ether oxygens (including phenoxy) is 1. The van der Waals surface area contributed by atoms with Crippen molar-refractivity contribution < 1.29 is 14.1 Å². The van der Waals surface area contributed by atoms with Crippen LogP contribution >= 0.6 is 0 Å². The zero-order valence-corrected chi connectivity index (χ0v) is 17.1. The van der Waals surface area contributed by atoms with Crippen molar-refractivity contribution in [3.63, 3.8) is 0 Å². The molecule has 0 spiro atoms. The molecule has 1 heterocycles. The van der Waals surface area contributed by atoms with Gasteiger partial charge >= 0.3 is 6.03 Å². The van der Waals surface area contributed by atoms with Crippen LogP contribution in [0, 0.1) is 0 Å². The number of anilines is 1. The molecule has 1 aliphatic carbocycles. The van der Waals surface area contributed by atoms with E-state index in [0.717, 1.165) is 31.2 Å².